The summed E-state index contributed by atoms with van der Waals surface area (Å²) in [6, 6.07) is 14.5. The average molecular weight is 504 g/mol. The molecule has 2 fully saturated rings. The number of amides is 3. The van der Waals surface area contributed by atoms with Gasteiger partial charge in [-0.25, -0.2) is 0 Å². The number of carbonyl (C=O) groups excluding carboxylic acids is 3. The van der Waals surface area contributed by atoms with Crippen molar-refractivity contribution in [2.45, 2.75) is 70.6 Å². The third kappa shape index (κ3) is 5.85. The van der Waals surface area contributed by atoms with E-state index in [1.54, 1.807) is 6.92 Å². The van der Waals surface area contributed by atoms with Crippen molar-refractivity contribution < 1.29 is 14.4 Å². The number of hydrogen-bond acceptors (Lipinski definition) is 5. The number of pyridine rings is 1. The van der Waals surface area contributed by atoms with E-state index in [0.29, 0.717) is 45.1 Å². The van der Waals surface area contributed by atoms with Gasteiger partial charge in [-0.1, -0.05) is 24.3 Å². The zero-order chi connectivity index (χ0) is 25.8. The number of hydrogen-bond donors (Lipinski definition) is 0. The van der Waals surface area contributed by atoms with Crippen molar-refractivity contribution >= 4 is 23.4 Å². The molecule has 0 radical (unpaired) electrons. The first kappa shape index (κ1) is 25.4. The summed E-state index contributed by atoms with van der Waals surface area (Å²) in [5.74, 6) is 0.222. The topological polar surface area (TPSA) is 77.1 Å². The fraction of sp³-hybridized carbons (Fsp3) is 0.517. The first-order valence-electron chi connectivity index (χ1n) is 13.6. The highest BCUT2D eigenvalue weighted by atomic mass is 16.2. The Balaban J connectivity index is 1.44. The predicted molar refractivity (Wildman–Crippen MR) is 142 cm³/mol. The van der Waals surface area contributed by atoms with Gasteiger partial charge >= 0.3 is 0 Å². The number of likely N-dealkylation sites (tertiary alicyclic amines) is 1. The summed E-state index contributed by atoms with van der Waals surface area (Å²) in [6.45, 7) is 5.29. The van der Waals surface area contributed by atoms with Crippen LogP contribution in [0.15, 0.2) is 48.7 Å². The van der Waals surface area contributed by atoms with Crippen LogP contribution in [0, 0.1) is 0 Å². The van der Waals surface area contributed by atoms with Crippen molar-refractivity contribution in [2.75, 3.05) is 31.1 Å². The van der Waals surface area contributed by atoms with Gasteiger partial charge in [0.25, 0.3) is 0 Å². The van der Waals surface area contributed by atoms with Gasteiger partial charge in [0.1, 0.15) is 0 Å². The van der Waals surface area contributed by atoms with E-state index in [0.717, 1.165) is 55.7 Å². The van der Waals surface area contributed by atoms with Crippen LogP contribution in [0.2, 0.25) is 0 Å². The summed E-state index contributed by atoms with van der Waals surface area (Å²) in [6.07, 6.45) is 6.52. The summed E-state index contributed by atoms with van der Waals surface area (Å²) in [7, 11) is 0. The van der Waals surface area contributed by atoms with Gasteiger partial charge in [0, 0.05) is 83.0 Å². The van der Waals surface area contributed by atoms with Gasteiger partial charge in [-0.15, -0.1) is 0 Å². The van der Waals surface area contributed by atoms with Crippen molar-refractivity contribution in [2.24, 2.45) is 0 Å². The minimum atomic E-state index is 0.0166. The Morgan fingerprint density at radius 1 is 1.00 bits per heavy atom. The molecular weight excluding hydrogens is 466 g/mol. The van der Waals surface area contributed by atoms with Crippen LogP contribution in [0.25, 0.3) is 0 Å². The highest BCUT2D eigenvalue weighted by molar-refractivity contribution is 5.92. The molecule has 5 rings (SSSR count). The number of anilines is 1. The van der Waals surface area contributed by atoms with E-state index in [4.69, 9.17) is 0 Å². The zero-order valence-corrected chi connectivity index (χ0v) is 21.7. The number of fused-ring (bicyclic) bond motifs is 3. The third-order valence-corrected chi connectivity index (χ3v) is 8.10. The second kappa shape index (κ2) is 11.4. The number of nitrogens with zero attached hydrogens (tertiary/aromatic N) is 5. The van der Waals surface area contributed by atoms with E-state index in [2.05, 4.69) is 16.0 Å². The monoisotopic (exact) mass is 503 g/mol. The van der Waals surface area contributed by atoms with Gasteiger partial charge in [-0.3, -0.25) is 24.3 Å². The van der Waals surface area contributed by atoms with Crippen LogP contribution in [0.5, 0.6) is 0 Å². The van der Waals surface area contributed by atoms with Gasteiger partial charge in [-0.05, 0) is 49.4 Å². The van der Waals surface area contributed by atoms with E-state index in [1.807, 2.05) is 57.3 Å². The summed E-state index contributed by atoms with van der Waals surface area (Å²) in [5.41, 5.74) is 2.89. The molecule has 3 aliphatic rings. The second-order valence-corrected chi connectivity index (χ2v) is 10.5. The zero-order valence-electron chi connectivity index (χ0n) is 21.7. The Hall–Kier alpha value is -3.26. The van der Waals surface area contributed by atoms with E-state index in [1.165, 1.54) is 0 Å². The van der Waals surface area contributed by atoms with Crippen LogP contribution >= 0.6 is 0 Å². The van der Waals surface area contributed by atoms with E-state index in [-0.39, 0.29) is 23.8 Å². The Morgan fingerprint density at radius 2 is 1.81 bits per heavy atom. The molecule has 2 atom stereocenters. The lowest BCUT2D eigenvalue weighted by atomic mass is 10.1. The van der Waals surface area contributed by atoms with Gasteiger partial charge in [0.2, 0.25) is 17.7 Å². The number of carbonyl (C=O) groups is 3. The second-order valence-electron chi connectivity index (χ2n) is 10.5. The maximum atomic E-state index is 13.7. The van der Waals surface area contributed by atoms with E-state index >= 15 is 0 Å². The molecule has 1 aromatic heterocycles. The fourth-order valence-corrected chi connectivity index (χ4v) is 6.14. The van der Waals surface area contributed by atoms with Gasteiger partial charge in [0.15, 0.2) is 0 Å². The summed E-state index contributed by atoms with van der Waals surface area (Å²) in [5, 5.41) is 0. The van der Waals surface area contributed by atoms with Crippen LogP contribution in [0.1, 0.15) is 56.7 Å². The van der Waals surface area contributed by atoms with Crippen LogP contribution in [-0.4, -0.2) is 75.7 Å². The number of aromatic nitrogens is 1. The van der Waals surface area contributed by atoms with Crippen molar-refractivity contribution in [3.63, 3.8) is 0 Å². The fourth-order valence-electron chi connectivity index (χ4n) is 6.14. The Bertz CT molecular complexity index is 1120. The van der Waals surface area contributed by atoms with Crippen LogP contribution < -0.4 is 4.90 Å². The van der Waals surface area contributed by atoms with Crippen molar-refractivity contribution in [1.82, 2.24) is 19.7 Å². The molecule has 2 bridgehead atoms. The molecule has 0 aliphatic carbocycles. The molecule has 2 aromatic rings. The average Bonchev–Trinajstić information content (AvgIpc) is 3.47. The Morgan fingerprint density at radius 3 is 2.57 bits per heavy atom. The summed E-state index contributed by atoms with van der Waals surface area (Å²) in [4.78, 5) is 51.3. The molecule has 4 heterocycles. The molecule has 0 unspecified atom stereocenters. The van der Waals surface area contributed by atoms with Crippen molar-refractivity contribution in [1.29, 1.82) is 0 Å². The minimum Gasteiger partial charge on any atom is -0.342 e. The first-order valence-corrected chi connectivity index (χ1v) is 13.6. The van der Waals surface area contributed by atoms with E-state index in [9.17, 15) is 14.4 Å². The molecule has 0 N–H and O–H groups in total. The van der Waals surface area contributed by atoms with Crippen molar-refractivity contribution in [3.05, 3.63) is 59.9 Å². The van der Waals surface area contributed by atoms with Crippen molar-refractivity contribution in [3.8, 4) is 0 Å². The van der Waals surface area contributed by atoms with Crippen LogP contribution in [-0.2, 0) is 27.5 Å². The maximum Gasteiger partial charge on any atom is 0.224 e. The molecule has 3 amide bonds. The molecule has 196 valence electrons. The molecule has 37 heavy (non-hydrogen) atoms. The largest absolute Gasteiger partial charge is 0.342 e. The number of rotatable bonds is 5. The molecule has 2 saturated heterocycles. The lowest BCUT2D eigenvalue weighted by Gasteiger charge is -2.34. The standard InChI is InChI=1S/C29H37N5O3/c1-22(35)33-18-13-25-11-12-26(34(25)20-24-8-4-5-15-30-24)21-32(19-23-7-2-3-9-27(23)33)29(37)14-17-31-16-6-10-28(31)36/h2-5,7-9,15,25-26H,6,10-14,16-21H2,1H3/t25-,26+/m0/s1. The predicted octanol–water partition coefficient (Wildman–Crippen LogP) is 3.21. The Labute approximate surface area is 219 Å². The summed E-state index contributed by atoms with van der Waals surface area (Å²) >= 11 is 0. The van der Waals surface area contributed by atoms with Gasteiger partial charge < -0.3 is 14.7 Å². The molecule has 0 spiro atoms. The molecular formula is C29H37N5O3. The first-order chi connectivity index (χ1) is 18.0. The van der Waals surface area contributed by atoms with Gasteiger partial charge in [-0.2, -0.15) is 0 Å². The normalized spacial score (nSPS) is 22.6. The van der Waals surface area contributed by atoms with E-state index < -0.39 is 0 Å². The molecule has 1 aromatic carbocycles. The summed E-state index contributed by atoms with van der Waals surface area (Å²) < 4.78 is 0. The lowest BCUT2D eigenvalue weighted by molar-refractivity contribution is -0.134. The highest BCUT2D eigenvalue weighted by Crippen LogP contribution is 2.32. The highest BCUT2D eigenvalue weighted by Gasteiger charge is 2.37. The SMILES string of the molecule is CC(=O)N1CC[C@@H]2CC[C@H](CN(C(=O)CCN3CCCC3=O)Cc3ccccc31)N2Cc1ccccn1. The molecule has 3 aliphatic heterocycles. The molecule has 0 saturated carbocycles. The van der Waals surface area contributed by atoms with Gasteiger partial charge in [0.05, 0.1) is 5.69 Å². The van der Waals surface area contributed by atoms with Crippen LogP contribution in [0.4, 0.5) is 5.69 Å². The third-order valence-electron chi connectivity index (χ3n) is 8.10. The minimum absolute atomic E-state index is 0.0166. The lowest BCUT2D eigenvalue weighted by Crippen LogP contribution is -2.45. The number of para-hydroxylation sites is 1. The quantitative estimate of drug-likeness (QED) is 0.626. The van der Waals surface area contributed by atoms with Crippen LogP contribution in [0.3, 0.4) is 0 Å². The maximum absolute atomic E-state index is 13.7. The Kier molecular flexibility index (Phi) is 7.84. The smallest absolute Gasteiger partial charge is 0.224 e. The molecule has 8 nitrogen and oxygen atoms in total. The molecule has 8 heteroatoms. The number of benzene rings is 1.